The molecule has 2 aliphatic rings. The van der Waals surface area contributed by atoms with E-state index in [1.165, 1.54) is 31.5 Å². The van der Waals surface area contributed by atoms with E-state index in [0.29, 0.717) is 0 Å². The first-order valence-corrected chi connectivity index (χ1v) is 11.5. The Labute approximate surface area is 188 Å². The second-order valence-corrected chi connectivity index (χ2v) is 8.55. The summed E-state index contributed by atoms with van der Waals surface area (Å²) in [6, 6.07) is 14.0. The number of aromatic nitrogens is 3. The highest BCUT2D eigenvalue weighted by Crippen LogP contribution is 2.31. The number of imidazole rings is 1. The zero-order valence-electron chi connectivity index (χ0n) is 18.3. The summed E-state index contributed by atoms with van der Waals surface area (Å²) < 4.78 is 7.71. The van der Waals surface area contributed by atoms with Crippen molar-refractivity contribution in [2.24, 2.45) is 0 Å². The highest BCUT2D eigenvalue weighted by molar-refractivity contribution is 5.78. The molecule has 1 amide bonds. The van der Waals surface area contributed by atoms with Gasteiger partial charge in [0.1, 0.15) is 17.9 Å². The molecule has 1 atom stereocenters. The van der Waals surface area contributed by atoms with Crippen LogP contribution in [0.15, 0.2) is 61.2 Å². The molecule has 7 heteroatoms. The molecular weight excluding hydrogens is 402 g/mol. The quantitative estimate of drug-likeness (QED) is 0.572. The van der Waals surface area contributed by atoms with Gasteiger partial charge in [-0.3, -0.25) is 14.3 Å². The number of pyridine rings is 1. The Morgan fingerprint density at radius 2 is 1.88 bits per heavy atom. The van der Waals surface area contributed by atoms with Crippen molar-refractivity contribution >= 4 is 5.91 Å². The monoisotopic (exact) mass is 431 g/mol. The molecule has 0 spiro atoms. The molecule has 0 unspecified atom stereocenters. The zero-order chi connectivity index (χ0) is 21.8. The molecule has 2 saturated heterocycles. The lowest BCUT2D eigenvalue weighted by Gasteiger charge is -2.24. The van der Waals surface area contributed by atoms with Gasteiger partial charge < -0.3 is 9.64 Å². The number of likely N-dealkylation sites (tertiary alicyclic amines) is 2. The third-order valence-electron chi connectivity index (χ3n) is 6.33. The molecular formula is C25H29N5O2. The Morgan fingerprint density at radius 1 is 1.03 bits per heavy atom. The predicted molar refractivity (Wildman–Crippen MR) is 121 cm³/mol. The van der Waals surface area contributed by atoms with Crippen molar-refractivity contribution < 1.29 is 9.53 Å². The highest BCUT2D eigenvalue weighted by atomic mass is 16.5. The van der Waals surface area contributed by atoms with E-state index in [1.54, 1.807) is 12.5 Å². The van der Waals surface area contributed by atoms with Gasteiger partial charge in [-0.2, -0.15) is 0 Å². The maximum absolute atomic E-state index is 13.0. The molecule has 32 heavy (non-hydrogen) atoms. The Kier molecular flexibility index (Phi) is 6.16. The normalized spacial score (nSPS) is 18.9. The molecule has 4 heterocycles. The summed E-state index contributed by atoms with van der Waals surface area (Å²) in [6.07, 6.45) is 9.81. The van der Waals surface area contributed by atoms with Gasteiger partial charge in [0.25, 0.3) is 5.91 Å². The lowest BCUT2D eigenvalue weighted by atomic mass is 10.1. The lowest BCUT2D eigenvalue weighted by molar-refractivity contribution is -0.134. The number of carbonyl (C=O) groups is 1. The molecule has 2 aromatic heterocycles. The number of rotatable bonds is 7. The van der Waals surface area contributed by atoms with Gasteiger partial charge in [-0.1, -0.05) is 18.2 Å². The highest BCUT2D eigenvalue weighted by Gasteiger charge is 2.31. The van der Waals surface area contributed by atoms with Gasteiger partial charge in [-0.15, -0.1) is 0 Å². The van der Waals surface area contributed by atoms with Crippen LogP contribution >= 0.6 is 0 Å². The van der Waals surface area contributed by atoms with Crippen molar-refractivity contribution in [3.05, 3.63) is 72.4 Å². The minimum atomic E-state index is -0.0163. The Bertz CT molecular complexity index is 1030. The number of amides is 1. The van der Waals surface area contributed by atoms with E-state index in [9.17, 15) is 4.79 Å². The van der Waals surface area contributed by atoms with E-state index >= 15 is 0 Å². The van der Waals surface area contributed by atoms with Gasteiger partial charge in [0.2, 0.25) is 0 Å². The van der Waals surface area contributed by atoms with E-state index in [-0.39, 0.29) is 18.6 Å². The van der Waals surface area contributed by atoms with Crippen molar-refractivity contribution in [2.45, 2.75) is 38.3 Å². The van der Waals surface area contributed by atoms with Gasteiger partial charge in [0.05, 0.1) is 11.7 Å². The smallest absolute Gasteiger partial charge is 0.261 e. The standard InChI is InChI=1S/C25H29N5O2/c31-25(18-32-21-10-8-20(9-11-21)17-28-13-1-2-14-28)30-15-4-6-23(30)22-5-3-7-24(27-22)29-16-12-26-19-29/h3,5,7-12,16,19,23H,1-2,4,6,13-15,17-18H2/t23-/m0/s1. The molecule has 2 aliphatic heterocycles. The molecule has 5 rings (SSSR count). The Morgan fingerprint density at radius 3 is 2.66 bits per heavy atom. The third-order valence-corrected chi connectivity index (χ3v) is 6.33. The molecule has 0 bridgehead atoms. The maximum atomic E-state index is 13.0. The van der Waals surface area contributed by atoms with Gasteiger partial charge in [-0.25, -0.2) is 9.97 Å². The SMILES string of the molecule is O=C(COc1ccc(CN2CCCC2)cc1)N1CCC[C@H]1c1cccc(-n2ccnc2)n1. The van der Waals surface area contributed by atoms with Crippen molar-refractivity contribution in [3.8, 4) is 11.6 Å². The summed E-state index contributed by atoms with van der Waals surface area (Å²) in [5.41, 5.74) is 2.20. The van der Waals surface area contributed by atoms with E-state index in [4.69, 9.17) is 9.72 Å². The molecule has 0 saturated carbocycles. The molecule has 3 aromatic rings. The lowest BCUT2D eigenvalue weighted by Crippen LogP contribution is -2.34. The van der Waals surface area contributed by atoms with Crippen LogP contribution in [0, 0.1) is 0 Å². The van der Waals surface area contributed by atoms with Crippen molar-refractivity contribution in [1.29, 1.82) is 0 Å². The molecule has 0 radical (unpaired) electrons. The van der Waals surface area contributed by atoms with Crippen LogP contribution < -0.4 is 4.74 Å². The summed E-state index contributed by atoms with van der Waals surface area (Å²) in [5, 5.41) is 0. The number of hydrogen-bond acceptors (Lipinski definition) is 5. The van der Waals surface area contributed by atoms with Crippen LogP contribution in [0.3, 0.4) is 0 Å². The van der Waals surface area contributed by atoms with Crippen LogP contribution in [0.2, 0.25) is 0 Å². The topological polar surface area (TPSA) is 63.5 Å². The summed E-state index contributed by atoms with van der Waals surface area (Å²) in [7, 11) is 0. The first-order chi connectivity index (χ1) is 15.8. The average Bonchev–Trinajstić information content (AvgIpc) is 3.61. The van der Waals surface area contributed by atoms with Crippen LogP contribution in [-0.4, -0.2) is 56.5 Å². The summed E-state index contributed by atoms with van der Waals surface area (Å²) in [5.74, 6) is 1.55. The fraction of sp³-hybridized carbons (Fsp3) is 0.400. The van der Waals surface area contributed by atoms with E-state index in [1.807, 2.05) is 46.0 Å². The van der Waals surface area contributed by atoms with Gasteiger partial charge in [0, 0.05) is 25.5 Å². The largest absolute Gasteiger partial charge is 0.484 e. The first kappa shape index (κ1) is 20.7. The number of ether oxygens (including phenoxy) is 1. The average molecular weight is 432 g/mol. The zero-order valence-corrected chi connectivity index (χ0v) is 18.3. The van der Waals surface area contributed by atoms with Gasteiger partial charge in [-0.05, 0) is 68.6 Å². The second-order valence-electron chi connectivity index (χ2n) is 8.55. The first-order valence-electron chi connectivity index (χ1n) is 11.5. The fourth-order valence-corrected chi connectivity index (χ4v) is 4.65. The minimum Gasteiger partial charge on any atom is -0.484 e. The Hall–Kier alpha value is -3.19. The third kappa shape index (κ3) is 4.67. The fourth-order valence-electron chi connectivity index (χ4n) is 4.65. The molecule has 0 aliphatic carbocycles. The van der Waals surface area contributed by atoms with Crippen LogP contribution in [0.5, 0.6) is 5.75 Å². The Balaban J connectivity index is 1.19. The van der Waals surface area contributed by atoms with Crippen LogP contribution in [0.1, 0.15) is 43.0 Å². The minimum absolute atomic E-state index is 0.00322. The van der Waals surface area contributed by atoms with Crippen LogP contribution in [-0.2, 0) is 11.3 Å². The van der Waals surface area contributed by atoms with E-state index in [2.05, 4.69) is 22.0 Å². The van der Waals surface area contributed by atoms with E-state index in [0.717, 1.165) is 43.2 Å². The number of carbonyl (C=O) groups excluding carboxylic acids is 1. The molecule has 7 nitrogen and oxygen atoms in total. The molecule has 2 fully saturated rings. The molecule has 166 valence electrons. The second kappa shape index (κ2) is 9.53. The maximum Gasteiger partial charge on any atom is 0.261 e. The van der Waals surface area contributed by atoms with Crippen LogP contribution in [0.4, 0.5) is 0 Å². The predicted octanol–water partition coefficient (Wildman–Crippen LogP) is 3.61. The van der Waals surface area contributed by atoms with Crippen LogP contribution in [0.25, 0.3) is 5.82 Å². The van der Waals surface area contributed by atoms with Gasteiger partial charge in [0.15, 0.2) is 6.61 Å². The van der Waals surface area contributed by atoms with Gasteiger partial charge >= 0.3 is 0 Å². The van der Waals surface area contributed by atoms with Crippen molar-refractivity contribution in [2.75, 3.05) is 26.2 Å². The summed E-state index contributed by atoms with van der Waals surface area (Å²) in [6.45, 7) is 4.13. The number of nitrogens with zero attached hydrogens (tertiary/aromatic N) is 5. The molecule has 0 N–H and O–H groups in total. The van der Waals surface area contributed by atoms with Crippen molar-refractivity contribution in [3.63, 3.8) is 0 Å². The van der Waals surface area contributed by atoms with E-state index < -0.39 is 0 Å². The summed E-state index contributed by atoms with van der Waals surface area (Å²) >= 11 is 0. The number of benzene rings is 1. The summed E-state index contributed by atoms with van der Waals surface area (Å²) in [4.78, 5) is 26.2. The number of hydrogen-bond donors (Lipinski definition) is 0. The molecule has 1 aromatic carbocycles. The van der Waals surface area contributed by atoms with Crippen molar-refractivity contribution in [1.82, 2.24) is 24.3 Å².